The molecule has 0 amide bonds. The number of aliphatic hydroxyl groups excluding tert-OH is 1. The molecule has 22 heavy (non-hydrogen) atoms. The van der Waals surface area contributed by atoms with Gasteiger partial charge in [-0.3, -0.25) is 0 Å². The second-order valence-electron chi connectivity index (χ2n) is 4.85. The van der Waals surface area contributed by atoms with E-state index in [9.17, 15) is 0 Å². The lowest BCUT2D eigenvalue weighted by Gasteiger charge is -2.03. The van der Waals surface area contributed by atoms with E-state index in [4.69, 9.17) is 21.1 Å². The Balaban J connectivity index is 0.00000242. The average Bonchev–Trinajstić information content (AvgIpc) is 2.91. The van der Waals surface area contributed by atoms with Crippen molar-refractivity contribution in [2.24, 2.45) is 0 Å². The van der Waals surface area contributed by atoms with Gasteiger partial charge in [0.2, 0.25) is 0 Å². The zero-order chi connectivity index (χ0) is 15.1. The van der Waals surface area contributed by atoms with Crippen molar-refractivity contribution in [2.45, 2.75) is 25.8 Å². The lowest BCUT2D eigenvalue weighted by Crippen LogP contribution is -2.14. The Morgan fingerprint density at radius 3 is 2.68 bits per heavy atom. The first-order valence-corrected chi connectivity index (χ1v) is 8.23. The second-order valence-corrected chi connectivity index (χ2v) is 6.17. The number of nitrogens with one attached hydrogen (secondary N) is 1. The van der Waals surface area contributed by atoms with Gasteiger partial charge in [0.1, 0.15) is 11.5 Å². The minimum atomic E-state index is 0. The monoisotopic (exact) mass is 407 g/mol. The number of rotatable bonds is 8. The van der Waals surface area contributed by atoms with Crippen molar-refractivity contribution in [3.8, 4) is 11.3 Å². The lowest BCUT2D eigenvalue weighted by atomic mass is 10.2. The minimum absolute atomic E-state index is 0. The molecular weight excluding hydrogens is 389 g/mol. The Morgan fingerprint density at radius 2 is 1.95 bits per heavy atom. The molecule has 1 heterocycles. The smallest absolute Gasteiger partial charge is 0.135 e. The molecule has 0 aliphatic rings. The molecule has 1 aromatic heterocycles. The van der Waals surface area contributed by atoms with Gasteiger partial charge in [0.05, 0.1) is 11.6 Å². The maximum Gasteiger partial charge on any atom is 0.135 e. The molecule has 1 aromatic carbocycles. The van der Waals surface area contributed by atoms with Crippen LogP contribution in [0, 0.1) is 0 Å². The summed E-state index contributed by atoms with van der Waals surface area (Å²) < 4.78 is 6.77. The topological polar surface area (TPSA) is 45.4 Å². The first-order valence-electron chi connectivity index (χ1n) is 7.06. The summed E-state index contributed by atoms with van der Waals surface area (Å²) in [6, 6.07) is 9.66. The summed E-state index contributed by atoms with van der Waals surface area (Å²) in [7, 11) is 0. The summed E-state index contributed by atoms with van der Waals surface area (Å²) in [5.74, 6) is 1.68. The van der Waals surface area contributed by atoms with Crippen LogP contribution in [0.1, 0.15) is 25.0 Å². The molecule has 122 valence electrons. The molecule has 0 aliphatic heterocycles. The Kier molecular flexibility index (Phi) is 9.13. The Hall–Kier alpha value is -0.520. The van der Waals surface area contributed by atoms with Crippen LogP contribution in [0.15, 0.2) is 39.2 Å². The standard InChI is InChI=1S/C16H19BrClNO2.ClH/c17-12-4-6-14(15(18)10-12)16-7-5-13(21-16)11-19-8-2-1-3-9-20;/h4-7,10,19-20H,1-3,8-9,11H2;1H. The largest absolute Gasteiger partial charge is 0.460 e. The van der Waals surface area contributed by atoms with E-state index < -0.39 is 0 Å². The Bertz CT molecular complexity index is 575. The van der Waals surface area contributed by atoms with E-state index in [1.807, 2.05) is 30.3 Å². The van der Waals surface area contributed by atoms with E-state index in [0.29, 0.717) is 11.6 Å². The number of halogens is 3. The maximum absolute atomic E-state index is 8.70. The maximum atomic E-state index is 8.70. The van der Waals surface area contributed by atoms with E-state index >= 15 is 0 Å². The molecule has 3 nitrogen and oxygen atoms in total. The molecule has 6 heteroatoms. The molecule has 0 atom stereocenters. The van der Waals surface area contributed by atoms with E-state index in [0.717, 1.165) is 47.4 Å². The number of furan rings is 1. The Labute approximate surface area is 150 Å². The first-order chi connectivity index (χ1) is 10.2. The summed E-state index contributed by atoms with van der Waals surface area (Å²) >= 11 is 9.62. The molecule has 0 bridgehead atoms. The normalized spacial score (nSPS) is 10.5. The lowest BCUT2D eigenvalue weighted by molar-refractivity contribution is 0.282. The van der Waals surface area contributed by atoms with Gasteiger partial charge >= 0.3 is 0 Å². The zero-order valence-corrected chi connectivity index (χ0v) is 15.3. The molecule has 0 radical (unpaired) electrons. The molecule has 2 N–H and O–H groups in total. The fourth-order valence-corrected chi connectivity index (χ4v) is 2.82. The minimum Gasteiger partial charge on any atom is -0.460 e. The molecule has 0 fully saturated rings. The van der Waals surface area contributed by atoms with Crippen LogP contribution in [0.25, 0.3) is 11.3 Å². The van der Waals surface area contributed by atoms with E-state index in [2.05, 4.69) is 21.2 Å². The number of hydrogen-bond acceptors (Lipinski definition) is 3. The molecule has 0 saturated carbocycles. The zero-order valence-electron chi connectivity index (χ0n) is 12.1. The van der Waals surface area contributed by atoms with Crippen molar-refractivity contribution in [3.05, 3.63) is 45.6 Å². The van der Waals surface area contributed by atoms with Crippen LogP contribution in [-0.2, 0) is 6.54 Å². The van der Waals surface area contributed by atoms with Crippen LogP contribution in [0.2, 0.25) is 5.02 Å². The number of aliphatic hydroxyl groups is 1. The van der Waals surface area contributed by atoms with Crippen molar-refractivity contribution in [2.75, 3.05) is 13.2 Å². The Morgan fingerprint density at radius 1 is 1.14 bits per heavy atom. The molecule has 0 spiro atoms. The van der Waals surface area contributed by atoms with Gasteiger partial charge in [0, 0.05) is 16.6 Å². The van der Waals surface area contributed by atoms with Crippen LogP contribution in [0.5, 0.6) is 0 Å². The second kappa shape index (κ2) is 10.3. The van der Waals surface area contributed by atoms with Gasteiger partial charge in [0.15, 0.2) is 0 Å². The van der Waals surface area contributed by atoms with Gasteiger partial charge in [-0.05, 0) is 56.1 Å². The van der Waals surface area contributed by atoms with Gasteiger partial charge in [-0.2, -0.15) is 0 Å². The third-order valence-electron chi connectivity index (χ3n) is 3.17. The predicted octanol–water partition coefficient (Wildman–Crippen LogP) is 5.04. The van der Waals surface area contributed by atoms with Crippen LogP contribution in [0.4, 0.5) is 0 Å². The third-order valence-corrected chi connectivity index (χ3v) is 3.98. The predicted molar refractivity (Wildman–Crippen MR) is 96.7 cm³/mol. The van der Waals surface area contributed by atoms with Crippen molar-refractivity contribution in [1.29, 1.82) is 0 Å². The van der Waals surface area contributed by atoms with Gasteiger partial charge in [-0.15, -0.1) is 12.4 Å². The third kappa shape index (κ3) is 5.94. The summed E-state index contributed by atoms with van der Waals surface area (Å²) in [4.78, 5) is 0. The summed E-state index contributed by atoms with van der Waals surface area (Å²) in [5.41, 5.74) is 0.897. The van der Waals surface area contributed by atoms with Gasteiger partial charge in [-0.25, -0.2) is 0 Å². The van der Waals surface area contributed by atoms with Gasteiger partial charge in [0.25, 0.3) is 0 Å². The highest BCUT2D eigenvalue weighted by molar-refractivity contribution is 9.10. The highest BCUT2D eigenvalue weighted by Gasteiger charge is 2.08. The summed E-state index contributed by atoms with van der Waals surface area (Å²) in [6.45, 7) is 1.90. The fraction of sp³-hybridized carbons (Fsp3) is 0.375. The molecule has 0 unspecified atom stereocenters. The average molecular weight is 409 g/mol. The van der Waals surface area contributed by atoms with Crippen molar-refractivity contribution in [3.63, 3.8) is 0 Å². The highest BCUT2D eigenvalue weighted by Crippen LogP contribution is 2.31. The fourth-order valence-electron chi connectivity index (χ4n) is 2.06. The number of hydrogen-bond donors (Lipinski definition) is 2. The van der Waals surface area contributed by atoms with Crippen molar-refractivity contribution >= 4 is 39.9 Å². The summed E-state index contributed by atoms with van der Waals surface area (Å²) in [5, 5.41) is 12.7. The van der Waals surface area contributed by atoms with Crippen molar-refractivity contribution < 1.29 is 9.52 Å². The van der Waals surface area contributed by atoms with Crippen LogP contribution in [0.3, 0.4) is 0 Å². The van der Waals surface area contributed by atoms with Crippen molar-refractivity contribution in [1.82, 2.24) is 5.32 Å². The quantitative estimate of drug-likeness (QED) is 0.601. The van der Waals surface area contributed by atoms with Gasteiger partial charge < -0.3 is 14.8 Å². The van der Waals surface area contributed by atoms with E-state index in [1.165, 1.54) is 0 Å². The molecule has 2 aromatic rings. The first kappa shape index (κ1) is 19.5. The SMILES string of the molecule is Cl.OCCCCCNCc1ccc(-c2ccc(Br)cc2Cl)o1. The van der Waals surface area contributed by atoms with Crippen LogP contribution < -0.4 is 5.32 Å². The van der Waals surface area contributed by atoms with Crippen LogP contribution >= 0.6 is 39.9 Å². The summed E-state index contributed by atoms with van der Waals surface area (Å²) in [6.07, 6.45) is 2.97. The number of unbranched alkanes of at least 4 members (excludes halogenated alkanes) is 2. The molecule has 2 rings (SSSR count). The molecular formula is C16H20BrCl2NO2. The van der Waals surface area contributed by atoms with E-state index in [-0.39, 0.29) is 19.0 Å². The van der Waals surface area contributed by atoms with Crippen LogP contribution in [-0.4, -0.2) is 18.3 Å². The molecule has 0 saturated heterocycles. The molecule has 0 aliphatic carbocycles. The number of benzene rings is 1. The highest BCUT2D eigenvalue weighted by atomic mass is 79.9. The van der Waals surface area contributed by atoms with Gasteiger partial charge in [-0.1, -0.05) is 27.5 Å². The van der Waals surface area contributed by atoms with E-state index in [1.54, 1.807) is 0 Å².